The van der Waals surface area contributed by atoms with Gasteiger partial charge in [0, 0.05) is 32.1 Å². The summed E-state index contributed by atoms with van der Waals surface area (Å²) in [4.78, 5) is 7.26. The minimum absolute atomic E-state index is 0.608. The monoisotopic (exact) mass is 289 g/mol. The van der Waals surface area contributed by atoms with Crippen LogP contribution in [0.5, 0.6) is 0 Å². The van der Waals surface area contributed by atoms with Crippen LogP contribution in [0.3, 0.4) is 0 Å². The van der Waals surface area contributed by atoms with Crippen molar-refractivity contribution in [1.82, 2.24) is 20.5 Å². The Morgan fingerprint density at radius 3 is 2.86 bits per heavy atom. The SMILES string of the molecule is C1CCC(Cc2nc(N3CCCC4CNCC43)n[nH]2)CC1. The molecule has 2 unspecified atom stereocenters. The molecule has 1 aromatic heterocycles. The van der Waals surface area contributed by atoms with E-state index >= 15 is 0 Å². The average Bonchev–Trinajstić information content (AvgIpc) is 3.16. The van der Waals surface area contributed by atoms with E-state index in [1.807, 2.05) is 0 Å². The van der Waals surface area contributed by atoms with Gasteiger partial charge in [-0.1, -0.05) is 32.1 Å². The number of fused-ring (bicyclic) bond motifs is 1. The van der Waals surface area contributed by atoms with E-state index in [0.29, 0.717) is 6.04 Å². The predicted octanol–water partition coefficient (Wildman–Crippen LogP) is 2.12. The lowest BCUT2D eigenvalue weighted by molar-refractivity contribution is 0.351. The van der Waals surface area contributed by atoms with Crippen LogP contribution in [0, 0.1) is 11.8 Å². The maximum Gasteiger partial charge on any atom is 0.245 e. The van der Waals surface area contributed by atoms with Gasteiger partial charge in [0.25, 0.3) is 0 Å². The number of piperidine rings is 1. The molecule has 116 valence electrons. The molecule has 2 saturated heterocycles. The normalized spacial score (nSPS) is 30.6. The van der Waals surface area contributed by atoms with Gasteiger partial charge in [-0.05, 0) is 24.7 Å². The summed E-state index contributed by atoms with van der Waals surface area (Å²) in [5, 5.41) is 11.3. The third-order valence-corrected chi connectivity index (χ3v) is 5.66. The second kappa shape index (κ2) is 5.95. The van der Waals surface area contributed by atoms with Gasteiger partial charge < -0.3 is 10.2 Å². The highest BCUT2D eigenvalue weighted by Crippen LogP contribution is 2.30. The molecule has 1 aromatic rings. The van der Waals surface area contributed by atoms with Crippen molar-refractivity contribution in [3.63, 3.8) is 0 Å². The van der Waals surface area contributed by atoms with Crippen molar-refractivity contribution in [3.05, 3.63) is 5.82 Å². The highest BCUT2D eigenvalue weighted by Gasteiger charge is 2.36. The molecular weight excluding hydrogens is 262 g/mol. The minimum Gasteiger partial charge on any atom is -0.335 e. The van der Waals surface area contributed by atoms with Crippen LogP contribution < -0.4 is 10.2 Å². The van der Waals surface area contributed by atoms with Gasteiger partial charge in [0.15, 0.2) is 0 Å². The van der Waals surface area contributed by atoms with Crippen molar-refractivity contribution in [2.45, 2.75) is 57.4 Å². The van der Waals surface area contributed by atoms with Crippen LogP contribution in [-0.4, -0.2) is 40.9 Å². The van der Waals surface area contributed by atoms with Crippen molar-refractivity contribution in [2.24, 2.45) is 11.8 Å². The number of aromatic amines is 1. The Hall–Kier alpha value is -1.10. The smallest absolute Gasteiger partial charge is 0.245 e. The summed E-state index contributed by atoms with van der Waals surface area (Å²) in [7, 11) is 0. The van der Waals surface area contributed by atoms with Crippen molar-refractivity contribution in [2.75, 3.05) is 24.5 Å². The van der Waals surface area contributed by atoms with E-state index < -0.39 is 0 Å². The number of rotatable bonds is 3. The Morgan fingerprint density at radius 2 is 1.95 bits per heavy atom. The third kappa shape index (κ3) is 2.80. The average molecular weight is 289 g/mol. The van der Waals surface area contributed by atoms with Gasteiger partial charge in [-0.3, -0.25) is 5.10 Å². The Balaban J connectivity index is 1.43. The maximum absolute atomic E-state index is 4.82. The molecule has 0 spiro atoms. The molecule has 5 nitrogen and oxygen atoms in total. The predicted molar refractivity (Wildman–Crippen MR) is 83.4 cm³/mol. The molecule has 2 aliphatic heterocycles. The van der Waals surface area contributed by atoms with Crippen LogP contribution in [0.1, 0.15) is 50.8 Å². The van der Waals surface area contributed by atoms with E-state index in [1.165, 1.54) is 51.5 Å². The Labute approximate surface area is 126 Å². The van der Waals surface area contributed by atoms with Gasteiger partial charge >= 0.3 is 0 Å². The van der Waals surface area contributed by atoms with Crippen LogP contribution in [0.4, 0.5) is 5.95 Å². The Kier molecular flexibility index (Phi) is 3.84. The molecule has 4 rings (SSSR count). The summed E-state index contributed by atoms with van der Waals surface area (Å²) >= 11 is 0. The van der Waals surface area contributed by atoms with Crippen LogP contribution >= 0.6 is 0 Å². The van der Waals surface area contributed by atoms with Crippen molar-refractivity contribution in [3.8, 4) is 0 Å². The minimum atomic E-state index is 0.608. The summed E-state index contributed by atoms with van der Waals surface area (Å²) in [5.74, 6) is 3.66. The maximum atomic E-state index is 4.82. The molecule has 2 N–H and O–H groups in total. The molecule has 1 aliphatic carbocycles. The molecule has 0 amide bonds. The Bertz CT molecular complexity index is 465. The number of aromatic nitrogens is 3. The second-order valence-electron chi connectivity index (χ2n) is 7.11. The third-order valence-electron chi connectivity index (χ3n) is 5.66. The van der Waals surface area contributed by atoms with E-state index in [0.717, 1.165) is 43.1 Å². The highest BCUT2D eigenvalue weighted by atomic mass is 15.4. The van der Waals surface area contributed by atoms with Crippen LogP contribution in [0.2, 0.25) is 0 Å². The zero-order chi connectivity index (χ0) is 14.1. The lowest BCUT2D eigenvalue weighted by atomic mass is 9.87. The fourth-order valence-corrected chi connectivity index (χ4v) is 4.49. The fourth-order valence-electron chi connectivity index (χ4n) is 4.49. The number of nitrogens with zero attached hydrogens (tertiary/aromatic N) is 3. The molecule has 21 heavy (non-hydrogen) atoms. The van der Waals surface area contributed by atoms with Crippen molar-refractivity contribution < 1.29 is 0 Å². The topological polar surface area (TPSA) is 56.8 Å². The summed E-state index contributed by atoms with van der Waals surface area (Å²) in [6.07, 6.45) is 10.7. The van der Waals surface area contributed by atoms with Gasteiger partial charge in [-0.15, -0.1) is 5.10 Å². The molecule has 3 aliphatic rings. The van der Waals surface area contributed by atoms with Crippen molar-refractivity contribution in [1.29, 1.82) is 0 Å². The number of hydrogen-bond acceptors (Lipinski definition) is 4. The van der Waals surface area contributed by atoms with E-state index in [-0.39, 0.29) is 0 Å². The fraction of sp³-hybridized carbons (Fsp3) is 0.875. The molecule has 3 fully saturated rings. The molecule has 0 aromatic carbocycles. The largest absolute Gasteiger partial charge is 0.335 e. The van der Waals surface area contributed by atoms with Gasteiger partial charge in [0.2, 0.25) is 5.95 Å². The highest BCUT2D eigenvalue weighted by molar-refractivity contribution is 5.33. The standard InChI is InChI=1S/C16H27N5/c1-2-5-12(6-3-1)9-15-18-16(20-19-15)21-8-4-7-13-10-17-11-14(13)21/h12-14,17H,1-11H2,(H,18,19,20). The number of H-pyrrole nitrogens is 1. The number of hydrogen-bond donors (Lipinski definition) is 2. The zero-order valence-electron chi connectivity index (χ0n) is 12.9. The summed E-state index contributed by atoms with van der Waals surface area (Å²) in [6.45, 7) is 3.38. The number of nitrogens with one attached hydrogen (secondary N) is 2. The molecule has 2 atom stereocenters. The lowest BCUT2D eigenvalue weighted by Gasteiger charge is -2.36. The molecule has 0 radical (unpaired) electrons. The van der Waals surface area contributed by atoms with Crippen LogP contribution in [0.15, 0.2) is 0 Å². The summed E-state index contributed by atoms with van der Waals surface area (Å²) in [5.41, 5.74) is 0. The van der Waals surface area contributed by atoms with E-state index in [1.54, 1.807) is 0 Å². The second-order valence-corrected chi connectivity index (χ2v) is 7.11. The molecular formula is C16H27N5. The Morgan fingerprint density at radius 1 is 1.05 bits per heavy atom. The van der Waals surface area contributed by atoms with E-state index in [4.69, 9.17) is 4.98 Å². The first-order chi connectivity index (χ1) is 10.4. The zero-order valence-corrected chi connectivity index (χ0v) is 12.9. The van der Waals surface area contributed by atoms with E-state index in [2.05, 4.69) is 20.4 Å². The first-order valence-corrected chi connectivity index (χ1v) is 8.79. The van der Waals surface area contributed by atoms with E-state index in [9.17, 15) is 0 Å². The first kappa shape index (κ1) is 13.6. The van der Waals surface area contributed by atoms with Crippen LogP contribution in [0.25, 0.3) is 0 Å². The van der Waals surface area contributed by atoms with Gasteiger partial charge in [-0.2, -0.15) is 4.98 Å². The first-order valence-electron chi connectivity index (χ1n) is 8.79. The molecule has 5 heteroatoms. The summed E-state index contributed by atoms with van der Waals surface area (Å²) in [6, 6.07) is 0.608. The molecule has 0 bridgehead atoms. The molecule has 1 saturated carbocycles. The van der Waals surface area contributed by atoms with Gasteiger partial charge in [0.05, 0.1) is 0 Å². The quantitative estimate of drug-likeness (QED) is 0.895. The number of anilines is 1. The van der Waals surface area contributed by atoms with Crippen LogP contribution in [-0.2, 0) is 6.42 Å². The van der Waals surface area contributed by atoms with Crippen molar-refractivity contribution >= 4 is 5.95 Å². The summed E-state index contributed by atoms with van der Waals surface area (Å²) < 4.78 is 0. The van der Waals surface area contributed by atoms with Gasteiger partial charge in [0.1, 0.15) is 5.82 Å². The van der Waals surface area contributed by atoms with Gasteiger partial charge in [-0.25, -0.2) is 0 Å². The lowest BCUT2D eigenvalue weighted by Crippen LogP contribution is -2.45. The molecule has 3 heterocycles.